The Hall–Kier alpha value is -2.30. The number of alkyl halides is 2. The first-order valence-corrected chi connectivity index (χ1v) is 7.63. The first-order valence-electron chi connectivity index (χ1n) is 6.15. The first-order chi connectivity index (χ1) is 10.3. The van der Waals surface area contributed by atoms with Crippen molar-refractivity contribution in [3.63, 3.8) is 0 Å². The fourth-order valence-corrected chi connectivity index (χ4v) is 2.45. The number of sulfonamides is 1. The number of hydrogen-bond donors (Lipinski definition) is 1. The van der Waals surface area contributed by atoms with Crippen LogP contribution < -0.4 is 9.46 Å². The SMILES string of the molecule is CC(C)n1nnc(NS(=O)(=O)c2cccc(OC(F)F)c2)n1. The zero-order valence-corrected chi connectivity index (χ0v) is 12.5. The number of benzene rings is 1. The van der Waals surface area contributed by atoms with E-state index >= 15 is 0 Å². The molecule has 1 aromatic carbocycles. The van der Waals surface area contributed by atoms with Crippen molar-refractivity contribution in [2.45, 2.75) is 31.4 Å². The molecule has 0 fully saturated rings. The number of ether oxygens (including phenoxy) is 1. The van der Waals surface area contributed by atoms with E-state index < -0.39 is 16.6 Å². The van der Waals surface area contributed by atoms with Crippen LogP contribution in [0.25, 0.3) is 0 Å². The van der Waals surface area contributed by atoms with E-state index in [1.165, 1.54) is 23.0 Å². The van der Waals surface area contributed by atoms with Gasteiger partial charge in [-0.1, -0.05) is 11.2 Å². The lowest BCUT2D eigenvalue weighted by atomic mass is 10.3. The Morgan fingerprint density at radius 2 is 2.05 bits per heavy atom. The van der Waals surface area contributed by atoms with Crippen molar-refractivity contribution in [2.75, 3.05) is 4.72 Å². The molecule has 0 saturated carbocycles. The Bertz CT molecular complexity index is 748. The van der Waals surface area contributed by atoms with Gasteiger partial charge in [-0.2, -0.15) is 13.6 Å². The maximum atomic E-state index is 12.2. The maximum absolute atomic E-state index is 12.2. The lowest BCUT2D eigenvalue weighted by Crippen LogP contribution is -2.15. The van der Waals surface area contributed by atoms with Gasteiger partial charge in [-0.3, -0.25) is 0 Å². The standard InChI is InChI=1S/C11H13F2N5O3S/c1-7(2)18-15-11(14-17-18)16-22(19,20)9-5-3-4-8(6-9)21-10(12)13/h3-7,10H,1-2H3,(H,15,16). The molecule has 22 heavy (non-hydrogen) atoms. The molecule has 1 N–H and O–H groups in total. The molecule has 0 spiro atoms. The summed E-state index contributed by atoms with van der Waals surface area (Å²) >= 11 is 0. The largest absolute Gasteiger partial charge is 0.435 e. The Morgan fingerprint density at radius 1 is 1.32 bits per heavy atom. The molecule has 2 aromatic rings. The molecule has 8 nitrogen and oxygen atoms in total. The van der Waals surface area contributed by atoms with Gasteiger partial charge in [0.15, 0.2) is 0 Å². The fraction of sp³-hybridized carbons (Fsp3) is 0.364. The van der Waals surface area contributed by atoms with Crippen LogP contribution in [0.3, 0.4) is 0 Å². The van der Waals surface area contributed by atoms with Gasteiger partial charge < -0.3 is 4.74 Å². The molecule has 0 radical (unpaired) electrons. The molecule has 120 valence electrons. The van der Waals surface area contributed by atoms with Gasteiger partial charge >= 0.3 is 6.61 Å². The summed E-state index contributed by atoms with van der Waals surface area (Å²) in [5.41, 5.74) is 0. The number of anilines is 1. The average Bonchev–Trinajstić information content (AvgIpc) is 2.86. The van der Waals surface area contributed by atoms with Crippen molar-refractivity contribution in [3.05, 3.63) is 24.3 Å². The quantitative estimate of drug-likeness (QED) is 0.863. The molecule has 0 bridgehead atoms. The van der Waals surface area contributed by atoms with Crippen molar-refractivity contribution < 1.29 is 21.9 Å². The number of rotatable bonds is 6. The summed E-state index contributed by atoms with van der Waals surface area (Å²) in [6, 6.07) is 4.62. The van der Waals surface area contributed by atoms with Crippen molar-refractivity contribution >= 4 is 16.0 Å². The highest BCUT2D eigenvalue weighted by atomic mass is 32.2. The predicted octanol–water partition coefficient (Wildman–Crippen LogP) is 1.66. The third-order valence-electron chi connectivity index (χ3n) is 2.46. The molecule has 2 rings (SSSR count). The average molecular weight is 333 g/mol. The molecule has 0 saturated heterocycles. The summed E-state index contributed by atoms with van der Waals surface area (Å²) in [6.07, 6.45) is 0. The van der Waals surface area contributed by atoms with Crippen LogP contribution in [0, 0.1) is 0 Å². The lowest BCUT2D eigenvalue weighted by molar-refractivity contribution is -0.0499. The highest BCUT2D eigenvalue weighted by molar-refractivity contribution is 7.92. The molecule has 0 aliphatic heterocycles. The van der Waals surface area contributed by atoms with E-state index in [0.717, 1.165) is 6.07 Å². The molecule has 0 unspecified atom stereocenters. The minimum atomic E-state index is -4.04. The summed E-state index contributed by atoms with van der Waals surface area (Å²) in [5, 5.41) is 11.1. The highest BCUT2D eigenvalue weighted by Gasteiger charge is 2.19. The van der Waals surface area contributed by atoms with E-state index in [-0.39, 0.29) is 22.6 Å². The summed E-state index contributed by atoms with van der Waals surface area (Å²) < 4.78 is 54.9. The van der Waals surface area contributed by atoms with Gasteiger partial charge in [-0.05, 0) is 31.2 Å². The molecule has 11 heteroatoms. The fourth-order valence-electron chi connectivity index (χ4n) is 1.48. The Kier molecular flexibility index (Phi) is 4.54. The van der Waals surface area contributed by atoms with Crippen molar-refractivity contribution in [2.24, 2.45) is 0 Å². The van der Waals surface area contributed by atoms with Crippen LogP contribution in [-0.2, 0) is 10.0 Å². The Morgan fingerprint density at radius 3 is 2.64 bits per heavy atom. The van der Waals surface area contributed by atoms with E-state index in [4.69, 9.17) is 0 Å². The minimum Gasteiger partial charge on any atom is -0.435 e. The summed E-state index contributed by atoms with van der Waals surface area (Å²) in [6.45, 7) is 0.550. The predicted molar refractivity (Wildman–Crippen MR) is 72.1 cm³/mol. The van der Waals surface area contributed by atoms with Crippen LogP contribution in [0.15, 0.2) is 29.2 Å². The number of nitrogens with one attached hydrogen (secondary N) is 1. The maximum Gasteiger partial charge on any atom is 0.387 e. The summed E-state index contributed by atoms with van der Waals surface area (Å²) in [4.78, 5) is 0.973. The van der Waals surface area contributed by atoms with Gasteiger partial charge in [0.2, 0.25) is 0 Å². The zero-order valence-electron chi connectivity index (χ0n) is 11.6. The van der Waals surface area contributed by atoms with Crippen molar-refractivity contribution in [1.82, 2.24) is 20.2 Å². The van der Waals surface area contributed by atoms with Gasteiger partial charge in [0.25, 0.3) is 16.0 Å². The van der Waals surface area contributed by atoms with Crippen LogP contribution in [0.5, 0.6) is 5.75 Å². The molecule has 0 aliphatic rings. The van der Waals surface area contributed by atoms with Gasteiger partial charge in [0.05, 0.1) is 10.9 Å². The second-order valence-electron chi connectivity index (χ2n) is 4.49. The number of hydrogen-bond acceptors (Lipinski definition) is 6. The zero-order chi connectivity index (χ0) is 16.3. The normalized spacial score (nSPS) is 11.9. The molecule has 1 aromatic heterocycles. The lowest BCUT2D eigenvalue weighted by Gasteiger charge is -2.07. The molecular weight excluding hydrogens is 320 g/mol. The second kappa shape index (κ2) is 6.22. The molecule has 0 aliphatic carbocycles. The highest BCUT2D eigenvalue weighted by Crippen LogP contribution is 2.20. The van der Waals surface area contributed by atoms with Gasteiger partial charge in [-0.25, -0.2) is 13.1 Å². The van der Waals surface area contributed by atoms with Crippen LogP contribution in [0.4, 0.5) is 14.7 Å². The van der Waals surface area contributed by atoms with E-state index in [9.17, 15) is 17.2 Å². The van der Waals surface area contributed by atoms with Crippen molar-refractivity contribution in [1.29, 1.82) is 0 Å². The molecular formula is C11H13F2N5O3S. The van der Waals surface area contributed by atoms with E-state index in [1.807, 2.05) is 0 Å². The van der Waals surface area contributed by atoms with Crippen LogP contribution in [-0.4, -0.2) is 35.2 Å². The monoisotopic (exact) mass is 333 g/mol. The molecule has 0 amide bonds. The molecule has 1 heterocycles. The third-order valence-corrected chi connectivity index (χ3v) is 3.78. The van der Waals surface area contributed by atoms with Gasteiger partial charge in [0, 0.05) is 6.07 Å². The van der Waals surface area contributed by atoms with Crippen LogP contribution in [0.1, 0.15) is 19.9 Å². The van der Waals surface area contributed by atoms with Crippen LogP contribution >= 0.6 is 0 Å². The second-order valence-corrected chi connectivity index (χ2v) is 6.17. The Balaban J connectivity index is 2.22. The smallest absolute Gasteiger partial charge is 0.387 e. The van der Waals surface area contributed by atoms with E-state index in [0.29, 0.717) is 0 Å². The Labute approximate surface area is 125 Å². The van der Waals surface area contributed by atoms with Gasteiger partial charge in [-0.15, -0.1) is 5.10 Å². The summed E-state index contributed by atoms with van der Waals surface area (Å²) in [5.74, 6) is -0.481. The van der Waals surface area contributed by atoms with Crippen molar-refractivity contribution in [3.8, 4) is 5.75 Å². The van der Waals surface area contributed by atoms with Crippen LogP contribution in [0.2, 0.25) is 0 Å². The number of aromatic nitrogens is 4. The minimum absolute atomic E-state index is 0.0893. The molecule has 0 atom stereocenters. The first kappa shape index (κ1) is 16.1. The number of nitrogens with zero attached hydrogens (tertiary/aromatic N) is 4. The van der Waals surface area contributed by atoms with E-state index in [1.54, 1.807) is 13.8 Å². The topological polar surface area (TPSA) is 99.0 Å². The van der Waals surface area contributed by atoms with Gasteiger partial charge in [0.1, 0.15) is 5.75 Å². The van der Waals surface area contributed by atoms with E-state index in [2.05, 4.69) is 24.9 Å². The summed E-state index contributed by atoms with van der Waals surface area (Å²) in [7, 11) is -4.04. The third kappa shape index (κ3) is 3.87. The number of tetrazole rings is 1. The number of halogens is 2.